The summed E-state index contributed by atoms with van der Waals surface area (Å²) in [6.45, 7) is -3.69. The average Bonchev–Trinajstić information content (AvgIpc) is 2.17. The van der Waals surface area contributed by atoms with Gasteiger partial charge in [-0.2, -0.15) is 0 Å². The summed E-state index contributed by atoms with van der Waals surface area (Å²) < 4.78 is 38.5. The molecule has 8 heteroatoms. The van der Waals surface area contributed by atoms with Crippen molar-refractivity contribution in [3.8, 4) is 0 Å². The number of rotatable bonds is 3. The summed E-state index contributed by atoms with van der Waals surface area (Å²) in [4.78, 5) is 2.54. The normalized spacial score (nSPS) is 11.1. The van der Waals surface area contributed by atoms with Crippen LogP contribution in [0.4, 0.5) is 12.9 Å². The van der Waals surface area contributed by atoms with Crippen LogP contribution in [0.25, 0.3) is 10.4 Å². The Balaban J connectivity index is 3.31. The highest BCUT2D eigenvalue weighted by Crippen LogP contribution is 2.19. The minimum absolute atomic E-state index is 0.0572. The molecule has 1 aromatic rings. The molecule has 0 aliphatic heterocycles. The Morgan fingerprint density at radius 2 is 2.06 bits per heavy atom. The van der Waals surface area contributed by atoms with E-state index in [0.717, 1.165) is 6.07 Å². The van der Waals surface area contributed by atoms with Crippen LogP contribution in [0.3, 0.4) is 0 Å². The van der Waals surface area contributed by atoms with E-state index >= 15 is 0 Å². The lowest BCUT2D eigenvalue weighted by Crippen LogP contribution is -2.37. The van der Waals surface area contributed by atoms with Crippen LogP contribution in [0, 0.1) is 10.5 Å². The third-order valence-corrected chi connectivity index (χ3v) is 2.80. The first-order chi connectivity index (χ1) is 7.36. The highest BCUT2D eigenvalue weighted by Gasteiger charge is 2.28. The van der Waals surface area contributed by atoms with Crippen LogP contribution in [-0.2, 0) is 6.54 Å². The van der Waals surface area contributed by atoms with E-state index in [4.69, 9.17) is 5.53 Å². The lowest BCUT2D eigenvalue weighted by atomic mass is 9.76. The van der Waals surface area contributed by atoms with Gasteiger partial charge in [-0.05, 0) is 46.7 Å². The lowest BCUT2D eigenvalue weighted by molar-refractivity contribution is 0.500. The van der Waals surface area contributed by atoms with Gasteiger partial charge < -0.3 is 12.9 Å². The molecule has 3 nitrogen and oxygen atoms in total. The standard InChI is InChI=1S/C8H7BF3IN3/c1-5-6(4-15-16-14)2-7(13)3-8(5)9(10,11)12/h2-3H,4H2,1H3/q-1. The second kappa shape index (κ2) is 4.96. The molecule has 0 atom stereocenters. The summed E-state index contributed by atoms with van der Waals surface area (Å²) in [5.41, 5.74) is 8.09. The molecule has 0 fully saturated rings. The van der Waals surface area contributed by atoms with Crippen molar-refractivity contribution in [1.82, 2.24) is 0 Å². The molecule has 0 saturated heterocycles. The number of benzene rings is 1. The molecule has 0 saturated carbocycles. The van der Waals surface area contributed by atoms with E-state index in [1.165, 1.54) is 6.92 Å². The molecule has 0 spiro atoms. The molecule has 0 N–H and O–H groups in total. The van der Waals surface area contributed by atoms with Gasteiger partial charge in [-0.3, -0.25) is 0 Å². The number of halogens is 4. The minimum atomic E-state index is -5.03. The maximum atomic E-state index is 12.7. The zero-order valence-electron chi connectivity index (χ0n) is 8.29. The van der Waals surface area contributed by atoms with Crippen molar-refractivity contribution in [2.45, 2.75) is 13.5 Å². The van der Waals surface area contributed by atoms with Crippen molar-refractivity contribution >= 4 is 35.0 Å². The Hall–Kier alpha value is -0.885. The molecule has 0 heterocycles. The molecule has 0 aromatic heterocycles. The number of nitrogens with zero attached hydrogens (tertiary/aromatic N) is 3. The molecular weight excluding hydrogens is 333 g/mol. The molecule has 86 valence electrons. The monoisotopic (exact) mass is 340 g/mol. The van der Waals surface area contributed by atoms with Gasteiger partial charge in [-0.25, -0.2) is 0 Å². The Kier molecular flexibility index (Phi) is 4.09. The molecule has 0 amide bonds. The van der Waals surface area contributed by atoms with E-state index in [1.54, 1.807) is 6.07 Å². The first-order valence-electron chi connectivity index (χ1n) is 4.36. The van der Waals surface area contributed by atoms with Gasteiger partial charge in [0.2, 0.25) is 0 Å². The van der Waals surface area contributed by atoms with Gasteiger partial charge in [0.25, 0.3) is 0 Å². The van der Waals surface area contributed by atoms with E-state index in [9.17, 15) is 12.9 Å². The van der Waals surface area contributed by atoms with Crippen molar-refractivity contribution in [2.75, 3.05) is 0 Å². The molecule has 16 heavy (non-hydrogen) atoms. The van der Waals surface area contributed by atoms with Gasteiger partial charge in [0.15, 0.2) is 0 Å². The summed E-state index contributed by atoms with van der Waals surface area (Å²) >= 11 is 1.81. The van der Waals surface area contributed by atoms with Crippen molar-refractivity contribution in [2.24, 2.45) is 5.11 Å². The summed E-state index contributed by atoms with van der Waals surface area (Å²) in [5, 5.41) is 3.28. The largest absolute Gasteiger partial charge is 0.509 e. The Bertz CT molecular complexity index is 455. The fraction of sp³-hybridized carbons (Fsp3) is 0.250. The van der Waals surface area contributed by atoms with Gasteiger partial charge in [-0.15, -0.1) is 5.46 Å². The minimum Gasteiger partial charge on any atom is -0.445 e. The van der Waals surface area contributed by atoms with Crippen LogP contribution in [-0.4, -0.2) is 6.98 Å². The van der Waals surface area contributed by atoms with Gasteiger partial charge in [0.1, 0.15) is 0 Å². The predicted octanol–water partition coefficient (Wildman–Crippen LogP) is 3.46. The van der Waals surface area contributed by atoms with Crippen LogP contribution < -0.4 is 5.46 Å². The second-order valence-electron chi connectivity index (χ2n) is 3.24. The zero-order chi connectivity index (χ0) is 12.3. The average molecular weight is 340 g/mol. The topological polar surface area (TPSA) is 48.8 Å². The number of hydrogen-bond acceptors (Lipinski definition) is 1. The van der Waals surface area contributed by atoms with Crippen molar-refractivity contribution in [1.29, 1.82) is 0 Å². The third-order valence-electron chi connectivity index (χ3n) is 2.18. The van der Waals surface area contributed by atoms with Crippen LogP contribution in [0.5, 0.6) is 0 Å². The van der Waals surface area contributed by atoms with Crippen LogP contribution in [0.1, 0.15) is 11.1 Å². The fourth-order valence-corrected chi connectivity index (χ4v) is 2.08. The van der Waals surface area contributed by atoms with Crippen molar-refractivity contribution in [3.63, 3.8) is 0 Å². The fourth-order valence-electron chi connectivity index (χ4n) is 1.37. The first kappa shape index (κ1) is 13.2. The smallest absolute Gasteiger partial charge is 0.445 e. The van der Waals surface area contributed by atoms with Gasteiger partial charge in [0, 0.05) is 8.48 Å². The zero-order valence-corrected chi connectivity index (χ0v) is 10.5. The summed E-state index contributed by atoms with van der Waals surface area (Å²) in [6, 6.07) is 2.70. The molecule has 0 aliphatic rings. The van der Waals surface area contributed by atoms with E-state index in [-0.39, 0.29) is 12.1 Å². The van der Waals surface area contributed by atoms with E-state index in [0.29, 0.717) is 9.13 Å². The first-order valence-corrected chi connectivity index (χ1v) is 5.44. The molecule has 0 radical (unpaired) electrons. The van der Waals surface area contributed by atoms with Gasteiger partial charge in [-0.1, -0.05) is 16.7 Å². The number of azide groups is 1. The lowest BCUT2D eigenvalue weighted by Gasteiger charge is -2.20. The molecule has 1 rings (SSSR count). The summed E-state index contributed by atoms with van der Waals surface area (Å²) in [5.74, 6) is 0. The van der Waals surface area contributed by atoms with Crippen LogP contribution in [0.15, 0.2) is 17.2 Å². The quantitative estimate of drug-likeness (QED) is 0.266. The summed E-state index contributed by atoms with van der Waals surface area (Å²) in [7, 11) is 0. The van der Waals surface area contributed by atoms with E-state index in [1.807, 2.05) is 22.6 Å². The second-order valence-corrected chi connectivity index (χ2v) is 4.49. The molecule has 0 bridgehead atoms. The van der Waals surface area contributed by atoms with Crippen LogP contribution in [0.2, 0.25) is 0 Å². The van der Waals surface area contributed by atoms with Gasteiger partial charge >= 0.3 is 6.98 Å². The van der Waals surface area contributed by atoms with Crippen molar-refractivity contribution < 1.29 is 12.9 Å². The van der Waals surface area contributed by atoms with Crippen LogP contribution >= 0.6 is 22.6 Å². The Morgan fingerprint density at radius 1 is 1.44 bits per heavy atom. The molecule has 0 aliphatic carbocycles. The maximum absolute atomic E-state index is 12.7. The Morgan fingerprint density at radius 3 is 2.56 bits per heavy atom. The van der Waals surface area contributed by atoms with Crippen molar-refractivity contribution in [3.05, 3.63) is 37.3 Å². The Labute approximate surface area is 104 Å². The summed E-state index contributed by atoms with van der Waals surface area (Å²) in [6.07, 6.45) is 0. The van der Waals surface area contributed by atoms with Gasteiger partial charge in [0.05, 0.1) is 6.54 Å². The number of hydrogen-bond donors (Lipinski definition) is 0. The molecule has 0 unspecified atom stereocenters. The van der Waals surface area contributed by atoms with E-state index in [2.05, 4.69) is 10.0 Å². The maximum Gasteiger partial charge on any atom is 0.509 e. The molecular formula is C8H7BF3IN3-. The highest BCUT2D eigenvalue weighted by atomic mass is 127. The highest BCUT2D eigenvalue weighted by molar-refractivity contribution is 14.1. The third kappa shape index (κ3) is 3.05. The SMILES string of the molecule is Cc1c(CN=[N+]=[N-])cc(I)cc1[B-](F)(F)F. The predicted molar refractivity (Wildman–Crippen MR) is 65.5 cm³/mol. The molecule has 1 aromatic carbocycles. The van der Waals surface area contributed by atoms with E-state index < -0.39 is 12.4 Å².